The lowest BCUT2D eigenvalue weighted by Crippen LogP contribution is -2.62. The molecule has 0 aliphatic carbocycles. The zero-order valence-electron chi connectivity index (χ0n) is 14.0. The first-order valence-electron chi connectivity index (χ1n) is 7.83. The molecule has 1 saturated heterocycles. The van der Waals surface area contributed by atoms with Crippen LogP contribution < -0.4 is 5.32 Å². The standard InChI is InChI=1S/C14H25NO11/c1-5(19)15-6(2-16)9(21)13(7(20)3-17)26-14-12(24)11(23)10(22)8(4-18)25-14/h2,6-14,17-18,20-24H,3-4H2,1H3,(H,15,19)/t6-,7+,8+,9+,10-,11-,12+,13-,14+/m0/s1. The van der Waals surface area contributed by atoms with Crippen molar-refractivity contribution >= 4 is 12.2 Å². The molecule has 0 unspecified atom stereocenters. The van der Waals surface area contributed by atoms with Gasteiger partial charge in [0.25, 0.3) is 0 Å². The third-order valence-corrected chi connectivity index (χ3v) is 3.93. The van der Waals surface area contributed by atoms with E-state index >= 15 is 0 Å². The molecule has 12 heteroatoms. The maximum atomic E-state index is 11.1. The number of ether oxygens (including phenoxy) is 2. The van der Waals surface area contributed by atoms with Crippen molar-refractivity contribution in [1.29, 1.82) is 0 Å². The molecule has 1 fully saturated rings. The Morgan fingerprint density at radius 2 is 1.81 bits per heavy atom. The lowest BCUT2D eigenvalue weighted by molar-refractivity contribution is -0.324. The van der Waals surface area contributed by atoms with Crippen molar-refractivity contribution in [1.82, 2.24) is 5.32 Å². The number of carbonyl (C=O) groups excluding carboxylic acids is 2. The zero-order valence-corrected chi connectivity index (χ0v) is 14.0. The van der Waals surface area contributed by atoms with Gasteiger partial charge in [-0.2, -0.15) is 0 Å². The number of aliphatic hydroxyl groups is 7. The minimum atomic E-state index is -1.86. The summed E-state index contributed by atoms with van der Waals surface area (Å²) >= 11 is 0. The van der Waals surface area contributed by atoms with Gasteiger partial charge in [-0.15, -0.1) is 0 Å². The van der Waals surface area contributed by atoms with E-state index in [1.54, 1.807) is 0 Å². The zero-order chi connectivity index (χ0) is 20.0. The monoisotopic (exact) mass is 383 g/mol. The smallest absolute Gasteiger partial charge is 0.217 e. The van der Waals surface area contributed by atoms with E-state index in [-0.39, 0.29) is 6.29 Å². The Morgan fingerprint density at radius 1 is 1.19 bits per heavy atom. The molecule has 8 N–H and O–H groups in total. The van der Waals surface area contributed by atoms with Crippen LogP contribution in [0.15, 0.2) is 0 Å². The van der Waals surface area contributed by atoms with Crippen LogP contribution in [-0.2, 0) is 19.1 Å². The van der Waals surface area contributed by atoms with Crippen molar-refractivity contribution < 1.29 is 54.8 Å². The molecule has 0 aromatic rings. The molecule has 1 heterocycles. The quantitative estimate of drug-likeness (QED) is 0.176. The summed E-state index contributed by atoms with van der Waals surface area (Å²) in [5.41, 5.74) is 0. The molecule has 0 radical (unpaired) electrons. The van der Waals surface area contributed by atoms with Gasteiger partial charge in [0, 0.05) is 6.92 Å². The molecular formula is C14H25NO11. The van der Waals surface area contributed by atoms with E-state index in [1.807, 2.05) is 0 Å². The molecule has 26 heavy (non-hydrogen) atoms. The number of hydrogen-bond acceptors (Lipinski definition) is 11. The summed E-state index contributed by atoms with van der Waals surface area (Å²) in [4.78, 5) is 22.2. The molecule has 0 saturated carbocycles. The van der Waals surface area contributed by atoms with Crippen LogP contribution in [0.1, 0.15) is 6.92 Å². The Kier molecular flexibility index (Phi) is 8.95. The normalized spacial score (nSPS) is 33.8. The van der Waals surface area contributed by atoms with Crippen molar-refractivity contribution in [2.45, 2.75) is 62.0 Å². The van der Waals surface area contributed by atoms with Gasteiger partial charge in [0.15, 0.2) is 6.29 Å². The summed E-state index contributed by atoms with van der Waals surface area (Å²) in [6.45, 7) is -0.562. The number of amides is 1. The summed E-state index contributed by atoms with van der Waals surface area (Å²) in [7, 11) is 0. The van der Waals surface area contributed by atoms with Crippen LogP contribution in [0.3, 0.4) is 0 Å². The lowest BCUT2D eigenvalue weighted by atomic mass is 9.98. The second kappa shape index (κ2) is 10.2. The highest BCUT2D eigenvalue weighted by atomic mass is 16.7. The summed E-state index contributed by atoms with van der Waals surface area (Å²) in [6, 6.07) is -1.51. The van der Waals surface area contributed by atoms with Gasteiger partial charge in [-0.05, 0) is 0 Å². The highest BCUT2D eigenvalue weighted by Crippen LogP contribution is 2.24. The van der Waals surface area contributed by atoms with Crippen molar-refractivity contribution in [2.75, 3.05) is 13.2 Å². The van der Waals surface area contributed by atoms with E-state index in [4.69, 9.17) is 19.7 Å². The van der Waals surface area contributed by atoms with Gasteiger partial charge in [0.05, 0.1) is 13.2 Å². The fraction of sp³-hybridized carbons (Fsp3) is 0.857. The first kappa shape index (κ1) is 22.8. The number of rotatable bonds is 9. The molecule has 1 aliphatic heterocycles. The SMILES string of the molecule is CC(=O)N[C@@H](C=O)[C@@H](O)[C@@H](O[C@H]1O[C@H](CO)[C@H](O)[C@H](O)[C@H]1O)[C@H](O)CO. The molecule has 1 aliphatic rings. The highest BCUT2D eigenvalue weighted by Gasteiger charge is 2.46. The maximum absolute atomic E-state index is 11.1. The Bertz CT molecular complexity index is 462. The van der Waals surface area contributed by atoms with Gasteiger partial charge < -0.3 is 55.3 Å². The molecule has 12 nitrogen and oxygen atoms in total. The van der Waals surface area contributed by atoms with Crippen LogP contribution in [0, 0.1) is 0 Å². The Balaban J connectivity index is 2.99. The summed E-state index contributed by atoms with van der Waals surface area (Å²) in [5.74, 6) is -0.661. The first-order valence-corrected chi connectivity index (χ1v) is 7.83. The van der Waals surface area contributed by atoms with E-state index in [9.17, 15) is 35.1 Å². The van der Waals surface area contributed by atoms with E-state index in [0.29, 0.717) is 0 Å². The Hall–Kier alpha value is -1.22. The Labute approximate surface area is 148 Å². The molecule has 152 valence electrons. The number of carbonyl (C=O) groups is 2. The molecule has 1 rings (SSSR count). The topological polar surface area (TPSA) is 206 Å². The van der Waals surface area contributed by atoms with Crippen LogP contribution in [0.4, 0.5) is 0 Å². The van der Waals surface area contributed by atoms with E-state index in [1.165, 1.54) is 0 Å². The Morgan fingerprint density at radius 3 is 2.27 bits per heavy atom. The van der Waals surface area contributed by atoms with E-state index in [0.717, 1.165) is 6.92 Å². The molecule has 0 spiro atoms. The number of nitrogens with one attached hydrogen (secondary N) is 1. The third kappa shape index (κ3) is 5.39. The van der Waals surface area contributed by atoms with Gasteiger partial charge in [0.2, 0.25) is 5.91 Å². The predicted octanol–water partition coefficient (Wildman–Crippen LogP) is -5.41. The van der Waals surface area contributed by atoms with Crippen LogP contribution >= 0.6 is 0 Å². The average Bonchev–Trinajstić information content (AvgIpc) is 2.62. The lowest BCUT2D eigenvalue weighted by Gasteiger charge is -2.42. The highest BCUT2D eigenvalue weighted by molar-refractivity contribution is 5.77. The predicted molar refractivity (Wildman–Crippen MR) is 81.4 cm³/mol. The van der Waals surface area contributed by atoms with Gasteiger partial charge in [0.1, 0.15) is 55.1 Å². The van der Waals surface area contributed by atoms with Gasteiger partial charge >= 0.3 is 0 Å². The van der Waals surface area contributed by atoms with Crippen LogP contribution in [0.25, 0.3) is 0 Å². The summed E-state index contributed by atoms with van der Waals surface area (Å²) < 4.78 is 10.3. The van der Waals surface area contributed by atoms with Gasteiger partial charge in [-0.3, -0.25) is 4.79 Å². The third-order valence-electron chi connectivity index (χ3n) is 3.93. The van der Waals surface area contributed by atoms with Crippen LogP contribution in [0.2, 0.25) is 0 Å². The minimum Gasteiger partial charge on any atom is -0.394 e. The second-order valence-electron chi connectivity index (χ2n) is 5.90. The number of hydrogen-bond donors (Lipinski definition) is 8. The van der Waals surface area contributed by atoms with Crippen molar-refractivity contribution in [2.24, 2.45) is 0 Å². The van der Waals surface area contributed by atoms with Crippen LogP contribution in [-0.4, -0.2) is 116 Å². The molecule has 9 atom stereocenters. The van der Waals surface area contributed by atoms with Gasteiger partial charge in [-0.1, -0.05) is 0 Å². The van der Waals surface area contributed by atoms with Crippen molar-refractivity contribution in [3.63, 3.8) is 0 Å². The van der Waals surface area contributed by atoms with E-state index < -0.39 is 74.2 Å². The molecule has 1 amide bonds. The van der Waals surface area contributed by atoms with E-state index in [2.05, 4.69) is 5.32 Å². The molecule has 0 aromatic carbocycles. The second-order valence-corrected chi connectivity index (χ2v) is 5.90. The molecular weight excluding hydrogens is 358 g/mol. The summed E-state index contributed by atoms with van der Waals surface area (Å²) in [6.07, 6.45) is -13.4. The first-order chi connectivity index (χ1) is 12.2. The molecule has 0 bridgehead atoms. The number of aldehydes is 1. The minimum absolute atomic E-state index is 0.180. The van der Waals surface area contributed by atoms with Crippen molar-refractivity contribution in [3.8, 4) is 0 Å². The maximum Gasteiger partial charge on any atom is 0.217 e. The van der Waals surface area contributed by atoms with Crippen LogP contribution in [0.5, 0.6) is 0 Å². The summed E-state index contributed by atoms with van der Waals surface area (Å²) in [5, 5.41) is 69.9. The largest absolute Gasteiger partial charge is 0.394 e. The average molecular weight is 383 g/mol. The number of aliphatic hydroxyl groups excluding tert-OH is 7. The van der Waals surface area contributed by atoms with Gasteiger partial charge in [-0.25, -0.2) is 0 Å². The fourth-order valence-corrected chi connectivity index (χ4v) is 2.48. The molecule has 0 aromatic heterocycles. The van der Waals surface area contributed by atoms with Crippen molar-refractivity contribution in [3.05, 3.63) is 0 Å². The fourth-order valence-electron chi connectivity index (χ4n) is 2.48.